The fourth-order valence-electron chi connectivity index (χ4n) is 2.45. The largest absolute Gasteiger partial charge is 0.312 e. The molecule has 0 atom stereocenters. The van der Waals surface area contributed by atoms with Crippen molar-refractivity contribution < 1.29 is 4.79 Å². The van der Waals surface area contributed by atoms with Crippen molar-refractivity contribution in [2.45, 2.75) is 19.3 Å². The Bertz CT molecular complexity index is 563. The number of hydrogen-bond acceptors (Lipinski definition) is 2. The monoisotopic (exact) mass is 252 g/mol. The number of amides is 1. The molecular weight excluding hydrogens is 236 g/mol. The Hall–Kier alpha value is -2.16. The van der Waals surface area contributed by atoms with Gasteiger partial charge < -0.3 is 4.90 Å². The molecule has 2 aromatic rings. The molecule has 0 aliphatic carbocycles. The van der Waals surface area contributed by atoms with Crippen molar-refractivity contribution in [1.29, 1.82) is 0 Å². The summed E-state index contributed by atoms with van der Waals surface area (Å²) in [4.78, 5) is 17.9. The standard InChI is InChI=1S/C16H16N2O/c19-16-5-1-2-11-18(16)15-8-6-13(7-9-15)14-4-3-10-17-12-14/h3-4,6-10,12H,1-2,5,11H2. The number of piperidine rings is 1. The Morgan fingerprint density at radius 2 is 1.84 bits per heavy atom. The van der Waals surface area contributed by atoms with Gasteiger partial charge in [-0.25, -0.2) is 0 Å². The molecule has 3 heteroatoms. The summed E-state index contributed by atoms with van der Waals surface area (Å²) in [6, 6.07) is 12.1. The summed E-state index contributed by atoms with van der Waals surface area (Å²) in [7, 11) is 0. The van der Waals surface area contributed by atoms with Crippen molar-refractivity contribution in [3.63, 3.8) is 0 Å². The quantitative estimate of drug-likeness (QED) is 0.822. The lowest BCUT2D eigenvalue weighted by Crippen LogP contribution is -2.35. The van der Waals surface area contributed by atoms with Crippen molar-refractivity contribution in [3.8, 4) is 11.1 Å². The van der Waals surface area contributed by atoms with Crippen LogP contribution in [0.3, 0.4) is 0 Å². The van der Waals surface area contributed by atoms with Crippen molar-refractivity contribution in [2.75, 3.05) is 11.4 Å². The van der Waals surface area contributed by atoms with E-state index in [2.05, 4.69) is 4.98 Å². The molecule has 3 rings (SSSR count). The van der Waals surface area contributed by atoms with Crippen LogP contribution < -0.4 is 4.90 Å². The summed E-state index contributed by atoms with van der Waals surface area (Å²) in [6.45, 7) is 0.838. The van der Waals surface area contributed by atoms with E-state index < -0.39 is 0 Å². The van der Waals surface area contributed by atoms with Crippen LogP contribution >= 0.6 is 0 Å². The van der Waals surface area contributed by atoms with Gasteiger partial charge in [-0.1, -0.05) is 18.2 Å². The second-order valence-corrected chi connectivity index (χ2v) is 4.79. The predicted octanol–water partition coefficient (Wildman–Crippen LogP) is 3.27. The summed E-state index contributed by atoms with van der Waals surface area (Å²) in [5, 5.41) is 0. The fourth-order valence-corrected chi connectivity index (χ4v) is 2.45. The number of aromatic nitrogens is 1. The normalized spacial score (nSPS) is 15.6. The predicted molar refractivity (Wildman–Crippen MR) is 75.9 cm³/mol. The first-order valence-electron chi connectivity index (χ1n) is 6.65. The first kappa shape index (κ1) is 11.9. The highest BCUT2D eigenvalue weighted by Crippen LogP contribution is 2.25. The van der Waals surface area contributed by atoms with Crippen LogP contribution in [0.25, 0.3) is 11.1 Å². The van der Waals surface area contributed by atoms with Gasteiger partial charge in [-0.05, 0) is 42.2 Å². The van der Waals surface area contributed by atoms with Crippen molar-refractivity contribution in [1.82, 2.24) is 4.98 Å². The first-order chi connectivity index (χ1) is 9.34. The Kier molecular flexibility index (Phi) is 3.27. The van der Waals surface area contributed by atoms with E-state index in [4.69, 9.17) is 0 Å². The topological polar surface area (TPSA) is 33.2 Å². The molecule has 3 nitrogen and oxygen atoms in total. The number of benzene rings is 1. The summed E-state index contributed by atoms with van der Waals surface area (Å²) in [6.07, 6.45) is 6.40. The molecule has 1 aromatic carbocycles. The van der Waals surface area contributed by atoms with Crippen LogP contribution in [0.15, 0.2) is 48.8 Å². The highest BCUT2D eigenvalue weighted by atomic mass is 16.2. The SMILES string of the molecule is O=C1CCCCN1c1ccc(-c2cccnc2)cc1. The zero-order chi connectivity index (χ0) is 13.1. The Morgan fingerprint density at radius 1 is 1.00 bits per heavy atom. The molecule has 19 heavy (non-hydrogen) atoms. The molecule has 0 N–H and O–H groups in total. The maximum atomic E-state index is 11.9. The number of carbonyl (C=O) groups excluding carboxylic acids is 1. The van der Waals surface area contributed by atoms with Crippen LogP contribution in [-0.4, -0.2) is 17.4 Å². The maximum Gasteiger partial charge on any atom is 0.226 e. The lowest BCUT2D eigenvalue weighted by atomic mass is 10.1. The minimum absolute atomic E-state index is 0.236. The van der Waals surface area contributed by atoms with E-state index >= 15 is 0 Å². The zero-order valence-electron chi connectivity index (χ0n) is 10.7. The van der Waals surface area contributed by atoms with E-state index in [1.807, 2.05) is 47.5 Å². The lowest BCUT2D eigenvalue weighted by Gasteiger charge is -2.26. The maximum absolute atomic E-state index is 11.9. The molecule has 0 radical (unpaired) electrons. The molecular formula is C16H16N2O. The third-order valence-corrected chi connectivity index (χ3v) is 3.50. The number of pyridine rings is 1. The van der Waals surface area contributed by atoms with E-state index in [0.29, 0.717) is 6.42 Å². The third-order valence-electron chi connectivity index (χ3n) is 3.50. The second kappa shape index (κ2) is 5.22. The minimum Gasteiger partial charge on any atom is -0.312 e. The molecule has 1 aromatic heterocycles. The van der Waals surface area contributed by atoms with Crippen LogP contribution in [0.1, 0.15) is 19.3 Å². The van der Waals surface area contributed by atoms with Crippen LogP contribution in [0.4, 0.5) is 5.69 Å². The third kappa shape index (κ3) is 2.50. The van der Waals surface area contributed by atoms with Gasteiger partial charge in [0.05, 0.1) is 0 Å². The van der Waals surface area contributed by atoms with Crippen molar-refractivity contribution in [3.05, 3.63) is 48.8 Å². The van der Waals surface area contributed by atoms with Crippen LogP contribution in [0.5, 0.6) is 0 Å². The van der Waals surface area contributed by atoms with Crippen molar-refractivity contribution in [2.24, 2.45) is 0 Å². The average molecular weight is 252 g/mol. The number of rotatable bonds is 2. The van der Waals surface area contributed by atoms with Crippen LogP contribution in [-0.2, 0) is 4.79 Å². The Labute approximate surface area is 112 Å². The summed E-state index contributed by atoms with van der Waals surface area (Å²) >= 11 is 0. The van der Waals surface area contributed by atoms with Gasteiger partial charge in [0.1, 0.15) is 0 Å². The van der Waals surface area contributed by atoms with E-state index in [1.165, 1.54) is 0 Å². The van der Waals surface area contributed by atoms with Gasteiger partial charge in [-0.2, -0.15) is 0 Å². The van der Waals surface area contributed by atoms with Gasteiger partial charge in [0.2, 0.25) is 5.91 Å². The summed E-state index contributed by atoms with van der Waals surface area (Å²) in [5.41, 5.74) is 3.22. The fraction of sp³-hybridized carbons (Fsp3) is 0.250. The first-order valence-corrected chi connectivity index (χ1v) is 6.65. The minimum atomic E-state index is 0.236. The molecule has 1 aliphatic heterocycles. The number of anilines is 1. The summed E-state index contributed by atoms with van der Waals surface area (Å²) in [5.74, 6) is 0.236. The number of hydrogen-bond donors (Lipinski definition) is 0. The van der Waals surface area contributed by atoms with Crippen molar-refractivity contribution >= 4 is 11.6 Å². The molecule has 1 aliphatic rings. The number of nitrogens with zero attached hydrogens (tertiary/aromatic N) is 2. The highest BCUT2D eigenvalue weighted by Gasteiger charge is 2.19. The van der Waals surface area contributed by atoms with Gasteiger partial charge in [-0.3, -0.25) is 9.78 Å². The van der Waals surface area contributed by atoms with Gasteiger partial charge in [0.15, 0.2) is 0 Å². The smallest absolute Gasteiger partial charge is 0.226 e. The molecule has 0 spiro atoms. The van der Waals surface area contributed by atoms with E-state index in [1.54, 1.807) is 6.20 Å². The number of carbonyl (C=O) groups is 1. The summed E-state index contributed by atoms with van der Waals surface area (Å²) < 4.78 is 0. The van der Waals surface area contributed by atoms with Gasteiger partial charge in [0.25, 0.3) is 0 Å². The molecule has 0 unspecified atom stereocenters. The molecule has 1 amide bonds. The van der Waals surface area contributed by atoms with E-state index in [9.17, 15) is 4.79 Å². The van der Waals surface area contributed by atoms with Crippen LogP contribution in [0.2, 0.25) is 0 Å². The zero-order valence-corrected chi connectivity index (χ0v) is 10.7. The van der Waals surface area contributed by atoms with Gasteiger partial charge in [0, 0.05) is 31.0 Å². The Morgan fingerprint density at radius 3 is 2.53 bits per heavy atom. The average Bonchev–Trinajstić information content (AvgIpc) is 2.49. The Balaban J connectivity index is 1.85. The molecule has 96 valence electrons. The van der Waals surface area contributed by atoms with E-state index in [-0.39, 0.29) is 5.91 Å². The molecule has 2 heterocycles. The molecule has 0 saturated carbocycles. The second-order valence-electron chi connectivity index (χ2n) is 4.79. The van der Waals surface area contributed by atoms with Gasteiger partial charge >= 0.3 is 0 Å². The van der Waals surface area contributed by atoms with Crippen LogP contribution in [0, 0.1) is 0 Å². The van der Waals surface area contributed by atoms with E-state index in [0.717, 1.165) is 36.2 Å². The molecule has 1 saturated heterocycles. The molecule has 1 fully saturated rings. The van der Waals surface area contributed by atoms with Gasteiger partial charge in [-0.15, -0.1) is 0 Å². The highest BCUT2D eigenvalue weighted by molar-refractivity contribution is 5.94. The molecule has 0 bridgehead atoms. The lowest BCUT2D eigenvalue weighted by molar-refractivity contribution is -0.119.